The van der Waals surface area contributed by atoms with Crippen molar-refractivity contribution in [1.82, 2.24) is 5.32 Å². The summed E-state index contributed by atoms with van der Waals surface area (Å²) < 4.78 is 11.8. The molecule has 0 saturated carbocycles. The molecule has 1 saturated heterocycles. The van der Waals surface area contributed by atoms with Crippen molar-refractivity contribution in [3.05, 3.63) is 33.8 Å². The van der Waals surface area contributed by atoms with Crippen molar-refractivity contribution in [2.75, 3.05) is 19.8 Å². The molecule has 1 heterocycles. The van der Waals surface area contributed by atoms with E-state index in [2.05, 4.69) is 35.1 Å². The number of hydrogen-bond acceptors (Lipinski definition) is 3. The number of carbonyl (C=O) groups excluding carboxylic acids is 1. The van der Waals surface area contributed by atoms with Crippen LogP contribution in [0, 0.1) is 5.92 Å². The third kappa shape index (κ3) is 3.78. The Labute approximate surface area is 121 Å². The van der Waals surface area contributed by atoms with E-state index in [1.54, 1.807) is 6.07 Å². The summed E-state index contributed by atoms with van der Waals surface area (Å²) in [5, 5.41) is 2.90. The van der Waals surface area contributed by atoms with E-state index in [0.29, 0.717) is 31.2 Å². The van der Waals surface area contributed by atoms with Crippen molar-refractivity contribution >= 4 is 21.8 Å². The maximum Gasteiger partial charge on any atom is 0.251 e. The maximum absolute atomic E-state index is 12.0. The third-order valence-electron chi connectivity index (χ3n) is 2.80. The SMILES string of the molecule is CC(C)CNC(=O)c1ccc(Br)c(C2OCCO2)c1. The third-order valence-corrected chi connectivity index (χ3v) is 3.53. The fourth-order valence-corrected chi connectivity index (χ4v) is 2.24. The van der Waals surface area contributed by atoms with Crippen molar-refractivity contribution in [2.24, 2.45) is 5.92 Å². The number of nitrogens with one attached hydrogen (secondary N) is 1. The van der Waals surface area contributed by atoms with Gasteiger partial charge < -0.3 is 14.8 Å². The normalized spacial score (nSPS) is 16.0. The lowest BCUT2D eigenvalue weighted by molar-refractivity contribution is -0.0446. The molecule has 0 unspecified atom stereocenters. The summed E-state index contributed by atoms with van der Waals surface area (Å²) in [5.41, 5.74) is 1.48. The van der Waals surface area contributed by atoms with E-state index in [1.165, 1.54) is 0 Å². The monoisotopic (exact) mass is 327 g/mol. The van der Waals surface area contributed by atoms with Gasteiger partial charge in [-0.1, -0.05) is 29.8 Å². The molecule has 1 amide bonds. The van der Waals surface area contributed by atoms with Gasteiger partial charge in [-0.3, -0.25) is 4.79 Å². The molecule has 1 aliphatic rings. The minimum Gasteiger partial charge on any atom is -0.352 e. The van der Waals surface area contributed by atoms with Crippen LogP contribution in [0.15, 0.2) is 22.7 Å². The van der Waals surface area contributed by atoms with E-state index < -0.39 is 0 Å². The molecule has 1 aromatic rings. The molecule has 4 nitrogen and oxygen atoms in total. The summed E-state index contributed by atoms with van der Waals surface area (Å²) in [5.74, 6) is 0.362. The Morgan fingerprint density at radius 3 is 2.74 bits per heavy atom. The van der Waals surface area contributed by atoms with Gasteiger partial charge in [0, 0.05) is 22.1 Å². The van der Waals surface area contributed by atoms with Crippen molar-refractivity contribution in [2.45, 2.75) is 20.1 Å². The average molecular weight is 328 g/mol. The summed E-state index contributed by atoms with van der Waals surface area (Å²) in [6.45, 7) is 5.96. The number of amides is 1. The zero-order valence-corrected chi connectivity index (χ0v) is 12.7. The van der Waals surface area contributed by atoms with Crippen molar-refractivity contribution in [1.29, 1.82) is 0 Å². The summed E-state index contributed by atoms with van der Waals surface area (Å²) >= 11 is 3.46. The maximum atomic E-state index is 12.0. The van der Waals surface area contributed by atoms with Crippen LogP contribution in [0.2, 0.25) is 0 Å². The largest absolute Gasteiger partial charge is 0.352 e. The Hall–Kier alpha value is -0.910. The first-order valence-electron chi connectivity index (χ1n) is 6.39. The molecule has 0 radical (unpaired) electrons. The molecule has 1 N–H and O–H groups in total. The second-order valence-corrected chi connectivity index (χ2v) is 5.77. The molecule has 1 fully saturated rings. The van der Waals surface area contributed by atoms with Gasteiger partial charge in [-0.25, -0.2) is 0 Å². The van der Waals surface area contributed by atoms with Gasteiger partial charge in [-0.2, -0.15) is 0 Å². The Bertz CT molecular complexity index is 456. The smallest absolute Gasteiger partial charge is 0.251 e. The van der Waals surface area contributed by atoms with Crippen LogP contribution < -0.4 is 5.32 Å². The fourth-order valence-electron chi connectivity index (χ4n) is 1.80. The number of halogens is 1. The van der Waals surface area contributed by atoms with Gasteiger partial charge in [0.1, 0.15) is 0 Å². The number of carbonyl (C=O) groups is 1. The molecule has 19 heavy (non-hydrogen) atoms. The van der Waals surface area contributed by atoms with Crippen LogP contribution in [0.5, 0.6) is 0 Å². The van der Waals surface area contributed by atoms with E-state index in [9.17, 15) is 4.79 Å². The molecule has 0 bridgehead atoms. The molecule has 2 rings (SSSR count). The number of ether oxygens (including phenoxy) is 2. The molecule has 0 spiro atoms. The van der Waals surface area contributed by atoms with Crippen LogP contribution in [0.1, 0.15) is 36.1 Å². The summed E-state index contributed by atoms with van der Waals surface area (Å²) in [4.78, 5) is 12.0. The van der Waals surface area contributed by atoms with Crippen LogP contribution in [0.3, 0.4) is 0 Å². The Kier molecular flexibility index (Phi) is 4.96. The lowest BCUT2D eigenvalue weighted by atomic mass is 10.1. The minimum absolute atomic E-state index is 0.0690. The van der Waals surface area contributed by atoms with Gasteiger partial charge in [-0.05, 0) is 24.1 Å². The van der Waals surface area contributed by atoms with Crippen LogP contribution in [0.4, 0.5) is 0 Å². The highest BCUT2D eigenvalue weighted by molar-refractivity contribution is 9.10. The molecule has 1 aromatic carbocycles. The molecule has 5 heteroatoms. The molecule has 0 aromatic heterocycles. The van der Waals surface area contributed by atoms with Crippen LogP contribution in [-0.4, -0.2) is 25.7 Å². The Morgan fingerprint density at radius 2 is 2.11 bits per heavy atom. The molecule has 104 valence electrons. The lowest BCUT2D eigenvalue weighted by Gasteiger charge is -2.13. The molecule has 1 aliphatic heterocycles. The second-order valence-electron chi connectivity index (χ2n) is 4.91. The van der Waals surface area contributed by atoms with Crippen LogP contribution in [0.25, 0.3) is 0 Å². The highest BCUT2D eigenvalue weighted by Crippen LogP contribution is 2.30. The standard InChI is InChI=1S/C14H18BrNO3/c1-9(2)8-16-13(17)10-3-4-12(15)11(7-10)14-18-5-6-19-14/h3-4,7,9,14H,5-6,8H2,1-2H3,(H,16,17). The minimum atomic E-state index is -0.382. The highest BCUT2D eigenvalue weighted by Gasteiger charge is 2.22. The van der Waals surface area contributed by atoms with E-state index in [4.69, 9.17) is 9.47 Å². The van der Waals surface area contributed by atoms with Gasteiger partial charge in [0.2, 0.25) is 0 Å². The quantitative estimate of drug-likeness (QED) is 0.925. The van der Waals surface area contributed by atoms with Gasteiger partial charge in [-0.15, -0.1) is 0 Å². The predicted molar refractivity (Wildman–Crippen MR) is 76.0 cm³/mol. The van der Waals surface area contributed by atoms with Crippen LogP contribution >= 0.6 is 15.9 Å². The van der Waals surface area contributed by atoms with Crippen molar-refractivity contribution < 1.29 is 14.3 Å². The number of benzene rings is 1. The Balaban J connectivity index is 2.13. The number of rotatable bonds is 4. The summed E-state index contributed by atoms with van der Waals surface area (Å²) in [6.07, 6.45) is -0.382. The average Bonchev–Trinajstić information content (AvgIpc) is 2.90. The highest BCUT2D eigenvalue weighted by atomic mass is 79.9. The van der Waals surface area contributed by atoms with Gasteiger partial charge >= 0.3 is 0 Å². The zero-order valence-electron chi connectivity index (χ0n) is 11.1. The first-order valence-corrected chi connectivity index (χ1v) is 7.18. The molecule has 0 atom stereocenters. The van der Waals surface area contributed by atoms with E-state index >= 15 is 0 Å². The first-order chi connectivity index (χ1) is 9.08. The van der Waals surface area contributed by atoms with E-state index in [1.807, 2.05) is 12.1 Å². The number of hydrogen-bond donors (Lipinski definition) is 1. The summed E-state index contributed by atoms with van der Waals surface area (Å²) in [6, 6.07) is 5.46. The summed E-state index contributed by atoms with van der Waals surface area (Å²) in [7, 11) is 0. The van der Waals surface area contributed by atoms with Crippen molar-refractivity contribution in [3.63, 3.8) is 0 Å². The van der Waals surface area contributed by atoms with E-state index in [-0.39, 0.29) is 12.2 Å². The molecule has 0 aliphatic carbocycles. The van der Waals surface area contributed by atoms with Gasteiger partial charge in [0.25, 0.3) is 5.91 Å². The van der Waals surface area contributed by atoms with E-state index in [0.717, 1.165) is 10.0 Å². The Morgan fingerprint density at radius 1 is 1.42 bits per heavy atom. The van der Waals surface area contributed by atoms with Crippen molar-refractivity contribution in [3.8, 4) is 0 Å². The van der Waals surface area contributed by atoms with Crippen LogP contribution in [-0.2, 0) is 9.47 Å². The lowest BCUT2D eigenvalue weighted by Crippen LogP contribution is -2.27. The topological polar surface area (TPSA) is 47.6 Å². The molecular formula is C14H18BrNO3. The van der Waals surface area contributed by atoms with Gasteiger partial charge in [0.05, 0.1) is 13.2 Å². The van der Waals surface area contributed by atoms with Gasteiger partial charge in [0.15, 0.2) is 6.29 Å². The molecular weight excluding hydrogens is 310 g/mol. The zero-order chi connectivity index (χ0) is 13.8. The predicted octanol–water partition coefficient (Wildman–Crippen LogP) is 2.88. The second kappa shape index (κ2) is 6.50. The first kappa shape index (κ1) is 14.5. The fraction of sp³-hybridized carbons (Fsp3) is 0.500.